The molecule has 0 saturated carbocycles. The van der Waals surface area contributed by atoms with Gasteiger partial charge in [-0.25, -0.2) is 4.79 Å². The highest BCUT2D eigenvalue weighted by Gasteiger charge is 2.18. The number of nitrogens with zero attached hydrogens (tertiary/aromatic N) is 1. The zero-order chi connectivity index (χ0) is 19.4. The molecule has 0 aromatic heterocycles. The first-order valence-electron chi connectivity index (χ1n) is 8.48. The third-order valence-corrected chi connectivity index (χ3v) is 3.63. The van der Waals surface area contributed by atoms with Crippen molar-refractivity contribution in [3.05, 3.63) is 47.5 Å². The first-order valence-corrected chi connectivity index (χ1v) is 8.48. The molecule has 0 amide bonds. The van der Waals surface area contributed by atoms with Crippen molar-refractivity contribution in [2.75, 3.05) is 6.61 Å². The molecule has 0 saturated heterocycles. The normalized spacial score (nSPS) is 12.5. The standard InChI is InChI=1S/C20H19BNO5/c1-20(2,3)27-19(23)12-24-18-8-13(10-22)4-7-17(18)26-15-5-6-16-14(9-15)11-25-21-16/h4-9H,11-12H2,1-3H3. The summed E-state index contributed by atoms with van der Waals surface area (Å²) in [6.45, 7) is 5.57. The molecule has 2 aromatic rings. The second-order valence-electron chi connectivity index (χ2n) is 7.04. The molecule has 6 nitrogen and oxygen atoms in total. The monoisotopic (exact) mass is 364 g/mol. The molecule has 0 N–H and O–H groups in total. The van der Waals surface area contributed by atoms with Crippen LogP contribution < -0.4 is 14.9 Å². The number of hydrogen-bond donors (Lipinski definition) is 0. The molecule has 1 aliphatic heterocycles. The molecule has 1 aliphatic rings. The van der Waals surface area contributed by atoms with Crippen LogP contribution in [0, 0.1) is 11.3 Å². The van der Waals surface area contributed by atoms with E-state index in [1.165, 1.54) is 6.07 Å². The number of hydrogen-bond acceptors (Lipinski definition) is 6. The van der Waals surface area contributed by atoms with Crippen LogP contribution in [0.25, 0.3) is 0 Å². The Kier molecular flexibility index (Phi) is 5.38. The zero-order valence-corrected chi connectivity index (χ0v) is 15.4. The lowest BCUT2D eigenvalue weighted by atomic mass is 9.87. The number of fused-ring (bicyclic) bond motifs is 1. The Hall–Kier alpha value is -2.98. The van der Waals surface area contributed by atoms with Crippen LogP contribution in [0.4, 0.5) is 0 Å². The number of carbonyl (C=O) groups is 1. The predicted molar refractivity (Wildman–Crippen MR) is 99.2 cm³/mol. The van der Waals surface area contributed by atoms with Gasteiger partial charge in [-0.3, -0.25) is 0 Å². The van der Waals surface area contributed by atoms with Gasteiger partial charge in [-0.15, -0.1) is 0 Å². The minimum atomic E-state index is -0.599. The number of benzene rings is 2. The van der Waals surface area contributed by atoms with Crippen molar-refractivity contribution in [2.24, 2.45) is 0 Å². The molecule has 137 valence electrons. The topological polar surface area (TPSA) is 77.8 Å². The molecule has 1 heterocycles. The molecule has 2 aromatic carbocycles. The van der Waals surface area contributed by atoms with Gasteiger partial charge in [0.25, 0.3) is 0 Å². The Balaban J connectivity index is 1.77. The molecule has 1 radical (unpaired) electrons. The first kappa shape index (κ1) is 18.8. The van der Waals surface area contributed by atoms with Gasteiger partial charge >= 0.3 is 13.5 Å². The SMILES string of the molecule is CC(C)(C)OC(=O)COc1cc(C#N)ccc1Oc1ccc2c(c1)CO[B]2. The van der Waals surface area contributed by atoms with E-state index in [0.717, 1.165) is 11.0 Å². The van der Waals surface area contributed by atoms with E-state index in [9.17, 15) is 4.79 Å². The molecule has 7 heteroatoms. The van der Waals surface area contributed by atoms with Gasteiger partial charge in [0, 0.05) is 6.07 Å². The van der Waals surface area contributed by atoms with Crippen LogP contribution in [0.5, 0.6) is 17.2 Å². The molecular formula is C20H19BNO5. The van der Waals surface area contributed by atoms with Crippen molar-refractivity contribution in [3.8, 4) is 23.3 Å². The third-order valence-electron chi connectivity index (χ3n) is 3.63. The lowest BCUT2D eigenvalue weighted by molar-refractivity contribution is -0.157. The van der Waals surface area contributed by atoms with Gasteiger partial charge in [0.15, 0.2) is 18.1 Å². The van der Waals surface area contributed by atoms with Crippen LogP contribution in [0.1, 0.15) is 31.9 Å². The Morgan fingerprint density at radius 1 is 1.22 bits per heavy atom. The van der Waals surface area contributed by atoms with Crippen LogP contribution in [-0.4, -0.2) is 25.7 Å². The second-order valence-corrected chi connectivity index (χ2v) is 7.04. The van der Waals surface area contributed by atoms with Crippen LogP contribution >= 0.6 is 0 Å². The van der Waals surface area contributed by atoms with Crippen LogP contribution in [0.15, 0.2) is 36.4 Å². The van der Waals surface area contributed by atoms with Crippen molar-refractivity contribution < 1.29 is 23.7 Å². The second kappa shape index (κ2) is 7.72. The Bertz CT molecular complexity index is 898. The lowest BCUT2D eigenvalue weighted by Crippen LogP contribution is -2.27. The van der Waals surface area contributed by atoms with Crippen molar-refractivity contribution in [1.82, 2.24) is 0 Å². The summed E-state index contributed by atoms with van der Waals surface area (Å²) in [7, 11) is 1.70. The fraction of sp³-hybridized carbons (Fsp3) is 0.300. The van der Waals surface area contributed by atoms with Gasteiger partial charge in [0.2, 0.25) is 0 Å². The molecule has 0 fully saturated rings. The van der Waals surface area contributed by atoms with E-state index in [0.29, 0.717) is 29.4 Å². The summed E-state index contributed by atoms with van der Waals surface area (Å²) in [5, 5.41) is 9.12. The maximum absolute atomic E-state index is 11.9. The number of carbonyl (C=O) groups excluding carboxylic acids is 1. The fourth-order valence-electron chi connectivity index (χ4n) is 2.52. The Labute approximate surface area is 158 Å². The van der Waals surface area contributed by atoms with Crippen LogP contribution in [0.2, 0.25) is 0 Å². The smallest absolute Gasteiger partial charge is 0.344 e. The highest BCUT2D eigenvalue weighted by atomic mass is 16.6. The van der Waals surface area contributed by atoms with Gasteiger partial charge < -0.3 is 18.9 Å². The lowest BCUT2D eigenvalue weighted by Gasteiger charge is -2.20. The quantitative estimate of drug-likeness (QED) is 0.600. The number of ether oxygens (including phenoxy) is 3. The predicted octanol–water partition coefficient (Wildman–Crippen LogP) is 2.85. The molecule has 0 aliphatic carbocycles. The molecule has 0 bridgehead atoms. The van der Waals surface area contributed by atoms with E-state index in [1.807, 2.05) is 24.3 Å². The fourth-order valence-corrected chi connectivity index (χ4v) is 2.52. The maximum atomic E-state index is 11.9. The summed E-state index contributed by atoms with van der Waals surface area (Å²) in [6.07, 6.45) is 0. The van der Waals surface area contributed by atoms with Crippen molar-refractivity contribution in [2.45, 2.75) is 33.0 Å². The van der Waals surface area contributed by atoms with E-state index in [1.54, 1.807) is 40.4 Å². The number of rotatable bonds is 5. The summed E-state index contributed by atoms with van der Waals surface area (Å²) < 4.78 is 22.0. The molecule has 0 spiro atoms. The molecule has 27 heavy (non-hydrogen) atoms. The van der Waals surface area contributed by atoms with Gasteiger partial charge in [-0.2, -0.15) is 5.26 Å². The average Bonchev–Trinajstić information content (AvgIpc) is 3.07. The summed E-state index contributed by atoms with van der Waals surface area (Å²) in [4.78, 5) is 11.9. The van der Waals surface area contributed by atoms with Gasteiger partial charge in [0.05, 0.1) is 18.2 Å². The van der Waals surface area contributed by atoms with Gasteiger partial charge in [-0.05, 0) is 56.1 Å². The third kappa shape index (κ3) is 5.02. The Morgan fingerprint density at radius 3 is 2.78 bits per heavy atom. The van der Waals surface area contributed by atoms with E-state index in [2.05, 4.69) is 0 Å². The van der Waals surface area contributed by atoms with Gasteiger partial charge in [0.1, 0.15) is 11.4 Å². The van der Waals surface area contributed by atoms with Crippen molar-refractivity contribution in [3.63, 3.8) is 0 Å². The summed E-state index contributed by atoms with van der Waals surface area (Å²) in [6, 6.07) is 12.4. The number of esters is 1. The van der Waals surface area contributed by atoms with Crippen molar-refractivity contribution >= 4 is 18.9 Å². The van der Waals surface area contributed by atoms with Gasteiger partial charge in [-0.1, -0.05) is 6.07 Å². The Morgan fingerprint density at radius 2 is 2.04 bits per heavy atom. The minimum Gasteiger partial charge on any atom is -0.478 e. The van der Waals surface area contributed by atoms with Crippen LogP contribution in [0.3, 0.4) is 0 Å². The van der Waals surface area contributed by atoms with E-state index >= 15 is 0 Å². The average molecular weight is 364 g/mol. The van der Waals surface area contributed by atoms with Crippen LogP contribution in [-0.2, 0) is 20.8 Å². The molecule has 0 unspecified atom stereocenters. The van der Waals surface area contributed by atoms with E-state index in [-0.39, 0.29) is 6.61 Å². The summed E-state index contributed by atoms with van der Waals surface area (Å²) in [5.74, 6) is 0.809. The highest BCUT2D eigenvalue weighted by molar-refractivity contribution is 6.48. The summed E-state index contributed by atoms with van der Waals surface area (Å²) in [5.41, 5.74) is 1.84. The molecule has 0 atom stereocenters. The van der Waals surface area contributed by atoms with E-state index in [4.69, 9.17) is 24.1 Å². The largest absolute Gasteiger partial charge is 0.478 e. The van der Waals surface area contributed by atoms with Crippen molar-refractivity contribution in [1.29, 1.82) is 5.26 Å². The minimum absolute atomic E-state index is 0.282. The number of nitriles is 1. The highest BCUT2D eigenvalue weighted by Crippen LogP contribution is 2.33. The zero-order valence-electron chi connectivity index (χ0n) is 15.4. The molecular weight excluding hydrogens is 345 g/mol. The first-order chi connectivity index (χ1) is 12.8. The van der Waals surface area contributed by atoms with E-state index < -0.39 is 11.6 Å². The summed E-state index contributed by atoms with van der Waals surface area (Å²) >= 11 is 0. The molecule has 3 rings (SSSR count). The maximum Gasteiger partial charge on any atom is 0.344 e.